The molecule has 0 N–H and O–H groups in total. The Labute approximate surface area is 174 Å². The Morgan fingerprint density at radius 3 is 2.45 bits per heavy atom. The molecule has 0 saturated heterocycles. The van der Waals surface area contributed by atoms with Crippen molar-refractivity contribution in [1.29, 1.82) is 0 Å². The van der Waals surface area contributed by atoms with Crippen LogP contribution in [0.3, 0.4) is 0 Å². The molecule has 0 fully saturated rings. The fraction of sp³-hybridized carbons (Fsp3) is 0.520. The second kappa shape index (κ2) is 8.56. The van der Waals surface area contributed by atoms with Gasteiger partial charge in [-0.1, -0.05) is 48.8 Å². The molecule has 1 heterocycles. The Hall–Kier alpha value is -2.36. The Morgan fingerprint density at radius 2 is 1.90 bits per heavy atom. The molecule has 0 aromatic carbocycles. The van der Waals surface area contributed by atoms with E-state index in [0.717, 1.165) is 11.1 Å². The highest BCUT2D eigenvalue weighted by Crippen LogP contribution is 2.47. The van der Waals surface area contributed by atoms with Crippen LogP contribution in [-0.4, -0.2) is 12.9 Å². The van der Waals surface area contributed by atoms with Crippen LogP contribution in [0, 0.1) is 25.7 Å². The highest BCUT2D eigenvalue weighted by atomic mass is 16.6. The molecule has 3 unspecified atom stereocenters. The number of rotatable bonds is 6. The number of ketones is 1. The van der Waals surface area contributed by atoms with E-state index >= 15 is 0 Å². The minimum Gasteiger partial charge on any atom is -0.468 e. The maximum absolute atomic E-state index is 12.9. The Balaban J connectivity index is 2.74. The van der Waals surface area contributed by atoms with Gasteiger partial charge >= 0.3 is 0 Å². The summed E-state index contributed by atoms with van der Waals surface area (Å²) in [4.78, 5) is 25.0. The average molecular weight is 399 g/mol. The molecule has 4 nitrogen and oxygen atoms in total. The van der Waals surface area contributed by atoms with Crippen molar-refractivity contribution >= 4 is 5.78 Å². The van der Waals surface area contributed by atoms with Gasteiger partial charge < -0.3 is 9.15 Å². The van der Waals surface area contributed by atoms with E-state index in [9.17, 15) is 9.59 Å². The van der Waals surface area contributed by atoms with E-state index in [1.54, 1.807) is 6.92 Å². The lowest BCUT2D eigenvalue weighted by atomic mass is 9.64. The van der Waals surface area contributed by atoms with Crippen molar-refractivity contribution in [3.8, 4) is 5.95 Å². The largest absolute Gasteiger partial charge is 0.468 e. The van der Waals surface area contributed by atoms with Gasteiger partial charge in [0.2, 0.25) is 0 Å². The molecule has 158 valence electrons. The van der Waals surface area contributed by atoms with Crippen LogP contribution in [0.1, 0.15) is 64.9 Å². The van der Waals surface area contributed by atoms with Crippen molar-refractivity contribution in [2.75, 3.05) is 7.11 Å². The van der Waals surface area contributed by atoms with Crippen molar-refractivity contribution < 1.29 is 13.9 Å². The average Bonchev–Trinajstić information content (AvgIpc) is 2.64. The van der Waals surface area contributed by atoms with Crippen molar-refractivity contribution in [1.82, 2.24) is 0 Å². The second-order valence-electron chi connectivity index (χ2n) is 8.51. The number of carbonyl (C=O) groups is 1. The minimum absolute atomic E-state index is 0.0208. The molecule has 0 radical (unpaired) electrons. The SMILES string of the molecule is CCC(=O)C(C)C=C(C)C1C(C)=CC(C)=CC1(C)c1oc(OC)c(C)c(=O)c1C. The number of hydrogen-bond acceptors (Lipinski definition) is 4. The number of carbonyl (C=O) groups excluding carboxylic acids is 1. The number of methoxy groups -OCH3 is 1. The van der Waals surface area contributed by atoms with Gasteiger partial charge in [0, 0.05) is 23.8 Å². The van der Waals surface area contributed by atoms with Gasteiger partial charge in [-0.05, 0) is 41.5 Å². The summed E-state index contributed by atoms with van der Waals surface area (Å²) in [6.07, 6.45) is 6.90. The van der Waals surface area contributed by atoms with Gasteiger partial charge in [0.25, 0.3) is 5.95 Å². The van der Waals surface area contributed by atoms with Gasteiger partial charge in [-0.2, -0.15) is 0 Å². The molecule has 29 heavy (non-hydrogen) atoms. The lowest BCUT2D eigenvalue weighted by Crippen LogP contribution is -2.36. The molecule has 0 bridgehead atoms. The van der Waals surface area contributed by atoms with Crippen LogP contribution in [0.25, 0.3) is 0 Å². The van der Waals surface area contributed by atoms with Crippen molar-refractivity contribution in [2.45, 2.75) is 67.2 Å². The Morgan fingerprint density at radius 1 is 1.28 bits per heavy atom. The molecular formula is C25H34O4. The van der Waals surface area contributed by atoms with Crippen LogP contribution in [0.5, 0.6) is 5.95 Å². The number of Topliss-reactive ketones (excluding diaryl/α,β-unsaturated/α-hetero) is 1. The first kappa shape index (κ1) is 22.9. The molecular weight excluding hydrogens is 364 g/mol. The van der Waals surface area contributed by atoms with Crippen LogP contribution >= 0.6 is 0 Å². The van der Waals surface area contributed by atoms with Crippen molar-refractivity contribution in [3.63, 3.8) is 0 Å². The topological polar surface area (TPSA) is 56.5 Å². The molecule has 3 atom stereocenters. The van der Waals surface area contributed by atoms with Gasteiger partial charge in [0.1, 0.15) is 11.5 Å². The molecule has 0 spiro atoms. The fourth-order valence-corrected chi connectivity index (χ4v) is 4.88. The lowest BCUT2D eigenvalue weighted by molar-refractivity contribution is -0.120. The van der Waals surface area contributed by atoms with E-state index in [1.165, 1.54) is 12.7 Å². The smallest absolute Gasteiger partial charge is 0.291 e. The summed E-state index contributed by atoms with van der Waals surface area (Å²) in [5.41, 5.74) is 3.85. The van der Waals surface area contributed by atoms with Gasteiger partial charge in [-0.15, -0.1) is 0 Å². The monoisotopic (exact) mass is 398 g/mol. The zero-order valence-corrected chi connectivity index (χ0v) is 19.2. The second-order valence-corrected chi connectivity index (χ2v) is 8.51. The molecule has 0 saturated carbocycles. The first-order valence-electron chi connectivity index (χ1n) is 10.2. The van der Waals surface area contributed by atoms with Crippen molar-refractivity contribution in [2.24, 2.45) is 11.8 Å². The van der Waals surface area contributed by atoms with E-state index in [2.05, 4.69) is 45.9 Å². The Kier molecular flexibility index (Phi) is 6.77. The predicted octanol–water partition coefficient (Wildman–Crippen LogP) is 5.61. The van der Waals surface area contributed by atoms with Crippen LogP contribution in [0.15, 0.2) is 44.2 Å². The zero-order valence-electron chi connectivity index (χ0n) is 19.2. The van der Waals surface area contributed by atoms with Gasteiger partial charge in [0.15, 0.2) is 5.43 Å². The Bertz CT molecular complexity index is 958. The summed E-state index contributed by atoms with van der Waals surface area (Å²) >= 11 is 0. The van der Waals surface area contributed by atoms with Crippen molar-refractivity contribution in [3.05, 3.63) is 62.1 Å². The summed E-state index contributed by atoms with van der Waals surface area (Å²) in [5, 5.41) is 0. The third kappa shape index (κ3) is 4.17. The van der Waals surface area contributed by atoms with Crippen LogP contribution in [0.2, 0.25) is 0 Å². The number of ether oxygens (including phenoxy) is 1. The molecule has 1 aliphatic carbocycles. The molecule has 1 aliphatic rings. The lowest BCUT2D eigenvalue weighted by Gasteiger charge is -2.40. The maximum atomic E-state index is 12.9. The first-order valence-corrected chi connectivity index (χ1v) is 10.2. The van der Waals surface area contributed by atoms with Gasteiger partial charge in [-0.25, -0.2) is 0 Å². The van der Waals surface area contributed by atoms with E-state index in [1.807, 2.05) is 20.8 Å². The highest BCUT2D eigenvalue weighted by Gasteiger charge is 2.42. The van der Waals surface area contributed by atoms with E-state index in [-0.39, 0.29) is 29.0 Å². The normalized spacial score (nSPS) is 23.3. The maximum Gasteiger partial charge on any atom is 0.291 e. The van der Waals surface area contributed by atoms with Crippen LogP contribution < -0.4 is 10.2 Å². The summed E-state index contributed by atoms with van der Waals surface area (Å²) in [6, 6.07) is 0. The van der Waals surface area contributed by atoms with E-state index in [0.29, 0.717) is 23.3 Å². The molecule has 1 aromatic heterocycles. The molecule has 2 rings (SSSR count). The number of allylic oxidation sites excluding steroid dienone is 6. The molecule has 0 aliphatic heterocycles. The highest BCUT2D eigenvalue weighted by molar-refractivity contribution is 5.82. The fourth-order valence-electron chi connectivity index (χ4n) is 4.88. The summed E-state index contributed by atoms with van der Waals surface area (Å²) in [5.74, 6) is 0.918. The molecule has 1 aromatic rings. The summed E-state index contributed by atoms with van der Waals surface area (Å²) in [7, 11) is 1.51. The quantitative estimate of drug-likeness (QED) is 0.585. The summed E-state index contributed by atoms with van der Waals surface area (Å²) < 4.78 is 11.5. The van der Waals surface area contributed by atoms with Crippen LogP contribution in [-0.2, 0) is 10.2 Å². The third-order valence-electron chi connectivity index (χ3n) is 6.06. The summed E-state index contributed by atoms with van der Waals surface area (Å²) in [6.45, 7) is 15.7. The van der Waals surface area contributed by atoms with Crippen LogP contribution in [0.4, 0.5) is 0 Å². The third-order valence-corrected chi connectivity index (χ3v) is 6.06. The first-order chi connectivity index (χ1) is 13.5. The van der Waals surface area contributed by atoms with E-state index < -0.39 is 5.41 Å². The van der Waals surface area contributed by atoms with Gasteiger partial charge in [-0.3, -0.25) is 9.59 Å². The molecule has 4 heteroatoms. The standard InChI is InChI=1S/C25H34O4/c1-10-20(26)15(3)12-17(5)21-16(4)11-14(2)13-25(21,8)23-18(6)22(27)19(7)24(28-9)29-23/h11-13,15,21H,10H2,1-9H3. The number of hydrogen-bond donors (Lipinski definition) is 0. The predicted molar refractivity (Wildman–Crippen MR) is 118 cm³/mol. The minimum atomic E-state index is -0.567. The molecule has 0 amide bonds. The van der Waals surface area contributed by atoms with Gasteiger partial charge in [0.05, 0.1) is 18.1 Å². The van der Waals surface area contributed by atoms with E-state index in [4.69, 9.17) is 9.15 Å². The zero-order chi connectivity index (χ0) is 22.1.